The van der Waals surface area contributed by atoms with Crippen molar-refractivity contribution < 1.29 is 19.0 Å². The number of benzene rings is 3. The fourth-order valence-corrected chi connectivity index (χ4v) is 10.6. The van der Waals surface area contributed by atoms with Crippen LogP contribution in [-0.4, -0.2) is 44.4 Å². The summed E-state index contributed by atoms with van der Waals surface area (Å²) in [6, 6.07) is 31.5. The Balaban J connectivity index is 1.48. The van der Waals surface area contributed by atoms with Crippen LogP contribution in [0.1, 0.15) is 32.8 Å². The number of hydrogen-bond donors (Lipinski definition) is 1. The number of fused-ring (bicyclic) bond motifs is 2. The number of rotatable bonds is 8. The molecule has 1 aliphatic heterocycles. The quantitative estimate of drug-likeness (QED) is 0.481. The Kier molecular flexibility index (Phi) is 6.72. The molecule has 35 heavy (non-hydrogen) atoms. The lowest BCUT2D eigenvalue weighted by Gasteiger charge is -2.45. The van der Waals surface area contributed by atoms with Crippen LogP contribution in [0.2, 0.25) is 5.04 Å². The van der Waals surface area contributed by atoms with Gasteiger partial charge in [-0.15, -0.1) is 0 Å². The summed E-state index contributed by atoms with van der Waals surface area (Å²) in [5.74, 6) is -0.0264. The average molecular weight is 489 g/mol. The molecule has 5 heteroatoms. The molecule has 1 N–H and O–H groups in total. The van der Waals surface area contributed by atoms with Gasteiger partial charge in [0.2, 0.25) is 0 Å². The Labute approximate surface area is 210 Å². The van der Waals surface area contributed by atoms with Crippen LogP contribution in [0.15, 0.2) is 91.0 Å². The maximum absolute atomic E-state index is 10.9. The largest absolute Gasteiger partial charge is 0.404 e. The molecule has 0 radical (unpaired) electrons. The molecular formula is C30H36O4Si. The predicted molar refractivity (Wildman–Crippen MR) is 141 cm³/mol. The van der Waals surface area contributed by atoms with Crippen LogP contribution in [0.3, 0.4) is 0 Å². The third-order valence-electron chi connectivity index (χ3n) is 7.74. The van der Waals surface area contributed by atoms with Crippen LogP contribution in [0.4, 0.5) is 0 Å². The fourth-order valence-electron chi connectivity index (χ4n) is 6.03. The van der Waals surface area contributed by atoms with Crippen LogP contribution in [0.25, 0.3) is 0 Å². The molecule has 0 spiro atoms. The van der Waals surface area contributed by atoms with E-state index >= 15 is 0 Å². The van der Waals surface area contributed by atoms with E-state index in [2.05, 4.69) is 93.6 Å². The predicted octanol–water partition coefficient (Wildman–Crippen LogP) is 4.30. The lowest BCUT2D eigenvalue weighted by atomic mass is 10.0. The zero-order chi connectivity index (χ0) is 24.5. The Bertz CT molecular complexity index is 1060. The molecule has 1 saturated carbocycles. The van der Waals surface area contributed by atoms with Gasteiger partial charge in [-0.1, -0.05) is 112 Å². The van der Waals surface area contributed by atoms with E-state index in [1.54, 1.807) is 0 Å². The van der Waals surface area contributed by atoms with Gasteiger partial charge in [0.05, 0.1) is 32.0 Å². The van der Waals surface area contributed by atoms with Crippen molar-refractivity contribution in [3.8, 4) is 0 Å². The molecule has 3 aromatic rings. The summed E-state index contributed by atoms with van der Waals surface area (Å²) in [7, 11) is -2.72. The Morgan fingerprint density at radius 1 is 0.886 bits per heavy atom. The second kappa shape index (κ2) is 9.64. The highest BCUT2D eigenvalue weighted by Gasteiger charge is 2.62. The monoisotopic (exact) mass is 488 g/mol. The van der Waals surface area contributed by atoms with Gasteiger partial charge in [-0.05, 0) is 21.0 Å². The van der Waals surface area contributed by atoms with Crippen LogP contribution in [-0.2, 0) is 20.5 Å². The van der Waals surface area contributed by atoms with E-state index in [1.807, 2.05) is 18.2 Å². The van der Waals surface area contributed by atoms with E-state index in [-0.39, 0.29) is 17.1 Å². The van der Waals surface area contributed by atoms with Crippen molar-refractivity contribution in [3.63, 3.8) is 0 Å². The number of aliphatic hydroxyl groups is 1. The summed E-state index contributed by atoms with van der Waals surface area (Å²) >= 11 is 0. The van der Waals surface area contributed by atoms with Crippen LogP contribution < -0.4 is 10.4 Å². The van der Waals surface area contributed by atoms with Crippen molar-refractivity contribution in [1.29, 1.82) is 0 Å². The summed E-state index contributed by atoms with van der Waals surface area (Å²) in [6.07, 6.45) is -0.0989. The maximum Gasteiger partial charge on any atom is 0.261 e. The highest BCUT2D eigenvalue weighted by molar-refractivity contribution is 6.99. The van der Waals surface area contributed by atoms with Crippen molar-refractivity contribution in [3.05, 3.63) is 96.6 Å². The molecule has 1 unspecified atom stereocenters. The van der Waals surface area contributed by atoms with E-state index in [0.29, 0.717) is 26.2 Å². The molecule has 1 saturated heterocycles. The van der Waals surface area contributed by atoms with E-state index in [0.717, 1.165) is 5.56 Å². The first-order chi connectivity index (χ1) is 16.9. The lowest BCUT2D eigenvalue weighted by Crippen LogP contribution is -2.68. The molecular weight excluding hydrogens is 452 g/mol. The number of aliphatic hydroxyl groups excluding tert-OH is 1. The SMILES string of the molecule is CC(C)(C)[Si](OC[C@]12CC(O)[C@@H](CO1)[C@H]2OCc1ccccc1)(c1ccccc1)c1ccccc1. The van der Waals surface area contributed by atoms with Crippen LogP contribution >= 0.6 is 0 Å². The van der Waals surface area contributed by atoms with Gasteiger partial charge in [-0.25, -0.2) is 0 Å². The van der Waals surface area contributed by atoms with Crippen molar-refractivity contribution in [1.82, 2.24) is 0 Å². The fraction of sp³-hybridized carbons (Fsp3) is 0.400. The van der Waals surface area contributed by atoms with E-state index < -0.39 is 20.0 Å². The molecule has 4 atom stereocenters. The van der Waals surface area contributed by atoms with E-state index in [9.17, 15) is 5.11 Å². The maximum atomic E-state index is 10.9. The molecule has 0 aromatic heterocycles. The van der Waals surface area contributed by atoms with Crippen molar-refractivity contribution in [2.75, 3.05) is 13.2 Å². The molecule has 2 aliphatic rings. The third-order valence-corrected chi connectivity index (χ3v) is 12.7. The van der Waals surface area contributed by atoms with Crippen molar-refractivity contribution >= 4 is 18.7 Å². The van der Waals surface area contributed by atoms with Gasteiger partial charge in [0.25, 0.3) is 8.32 Å². The number of ether oxygens (including phenoxy) is 2. The molecule has 1 aliphatic carbocycles. The summed E-state index contributed by atoms with van der Waals surface area (Å²) in [4.78, 5) is 0. The van der Waals surface area contributed by atoms with Crippen LogP contribution in [0, 0.1) is 5.92 Å². The molecule has 0 amide bonds. The minimum absolute atomic E-state index is 0.0264. The molecule has 184 valence electrons. The summed E-state index contributed by atoms with van der Waals surface area (Å²) in [6.45, 7) is 8.24. The van der Waals surface area contributed by atoms with Crippen molar-refractivity contribution in [2.24, 2.45) is 5.92 Å². The molecule has 4 nitrogen and oxygen atoms in total. The molecule has 5 rings (SSSR count). The average Bonchev–Trinajstić information content (AvgIpc) is 3.35. The summed E-state index contributed by atoms with van der Waals surface area (Å²) < 4.78 is 20.1. The molecule has 2 bridgehead atoms. The van der Waals surface area contributed by atoms with Crippen molar-refractivity contribution in [2.45, 2.75) is 56.6 Å². The second-order valence-electron chi connectivity index (χ2n) is 11.0. The standard InChI is InChI=1S/C30H36O4Si/c1-29(2,3)35(24-15-9-5-10-16-24,25-17-11-6-12-18-25)34-22-30-19-27(31)26(21-33-30)28(30)32-20-23-13-7-4-8-14-23/h4-18,26-28,31H,19-22H2,1-3H3/t26-,27?,28-,30+/m1/s1. The highest BCUT2D eigenvalue weighted by atomic mass is 28.4. The van der Waals surface area contributed by atoms with E-state index in [4.69, 9.17) is 13.9 Å². The van der Waals surface area contributed by atoms with Gasteiger partial charge in [0, 0.05) is 12.3 Å². The Hall–Kier alpha value is -2.28. The van der Waals surface area contributed by atoms with Gasteiger partial charge < -0.3 is 19.0 Å². The first-order valence-electron chi connectivity index (χ1n) is 12.6. The molecule has 3 aromatic carbocycles. The first kappa shape index (κ1) is 24.4. The van der Waals surface area contributed by atoms with Gasteiger partial charge >= 0.3 is 0 Å². The topological polar surface area (TPSA) is 47.9 Å². The summed E-state index contributed by atoms with van der Waals surface area (Å²) in [5, 5.41) is 13.2. The first-order valence-corrected chi connectivity index (χ1v) is 14.5. The molecule has 2 fully saturated rings. The van der Waals surface area contributed by atoms with Crippen LogP contribution in [0.5, 0.6) is 0 Å². The zero-order valence-corrected chi connectivity index (χ0v) is 21.9. The second-order valence-corrected chi connectivity index (χ2v) is 15.3. The Morgan fingerprint density at radius 2 is 1.43 bits per heavy atom. The van der Waals surface area contributed by atoms with Gasteiger partial charge in [-0.2, -0.15) is 0 Å². The van der Waals surface area contributed by atoms with Gasteiger partial charge in [0.15, 0.2) is 0 Å². The molecule has 1 heterocycles. The lowest BCUT2D eigenvalue weighted by molar-refractivity contribution is -0.115. The minimum atomic E-state index is -2.72. The van der Waals surface area contributed by atoms with E-state index in [1.165, 1.54) is 10.4 Å². The third kappa shape index (κ3) is 4.41. The normalized spacial score (nSPS) is 26.2. The smallest absolute Gasteiger partial charge is 0.261 e. The highest BCUT2D eigenvalue weighted by Crippen LogP contribution is 2.48. The Morgan fingerprint density at radius 3 is 1.94 bits per heavy atom. The minimum Gasteiger partial charge on any atom is -0.404 e. The zero-order valence-electron chi connectivity index (χ0n) is 20.9. The number of hydrogen-bond acceptors (Lipinski definition) is 4. The van der Waals surface area contributed by atoms with Gasteiger partial charge in [0.1, 0.15) is 5.60 Å². The summed E-state index contributed by atoms with van der Waals surface area (Å²) in [5.41, 5.74) is 0.475. The van der Waals surface area contributed by atoms with Gasteiger partial charge in [-0.3, -0.25) is 0 Å².